The number of benzene rings is 2. The summed E-state index contributed by atoms with van der Waals surface area (Å²) >= 11 is 0. The lowest BCUT2D eigenvalue weighted by Gasteiger charge is -2.12. The molecule has 0 spiro atoms. The molecular formula is C18H20O3. The summed E-state index contributed by atoms with van der Waals surface area (Å²) in [6, 6.07) is 11.8. The number of hydrogen-bond donors (Lipinski definition) is 0. The first-order valence-electron chi connectivity index (χ1n) is 6.97. The molecule has 0 unspecified atom stereocenters. The molecule has 2 rings (SSSR count). The van der Waals surface area contributed by atoms with E-state index in [1.54, 1.807) is 13.2 Å². The first-order valence-corrected chi connectivity index (χ1v) is 6.97. The largest absolute Gasteiger partial charge is 0.496 e. The Bertz CT molecular complexity index is 660. The molecule has 0 aliphatic rings. The number of rotatable bonds is 4. The van der Waals surface area contributed by atoms with Crippen molar-refractivity contribution >= 4 is 5.97 Å². The molecule has 0 radical (unpaired) electrons. The third kappa shape index (κ3) is 3.07. The van der Waals surface area contributed by atoms with Gasteiger partial charge in [0.05, 0.1) is 19.8 Å². The van der Waals surface area contributed by atoms with E-state index in [0.29, 0.717) is 5.56 Å². The van der Waals surface area contributed by atoms with E-state index in [4.69, 9.17) is 9.47 Å². The predicted octanol–water partition coefficient (Wildman–Crippen LogP) is 4.02. The van der Waals surface area contributed by atoms with Crippen LogP contribution in [-0.4, -0.2) is 20.2 Å². The Hall–Kier alpha value is -2.29. The Morgan fingerprint density at radius 3 is 2.43 bits per heavy atom. The zero-order chi connectivity index (χ0) is 15.4. The molecular weight excluding hydrogens is 264 g/mol. The van der Waals surface area contributed by atoms with Crippen molar-refractivity contribution in [3.63, 3.8) is 0 Å². The van der Waals surface area contributed by atoms with Crippen LogP contribution in [0.3, 0.4) is 0 Å². The Morgan fingerprint density at radius 2 is 1.86 bits per heavy atom. The Morgan fingerprint density at radius 1 is 1.10 bits per heavy atom. The molecule has 0 amide bonds. The van der Waals surface area contributed by atoms with Gasteiger partial charge in [-0.05, 0) is 59.9 Å². The second-order valence-electron chi connectivity index (χ2n) is 4.90. The molecule has 0 saturated carbocycles. The number of aryl methyl sites for hydroxylation is 2. The van der Waals surface area contributed by atoms with Crippen LogP contribution in [0.15, 0.2) is 36.4 Å². The van der Waals surface area contributed by atoms with Crippen molar-refractivity contribution in [3.05, 3.63) is 53.1 Å². The van der Waals surface area contributed by atoms with Crippen molar-refractivity contribution in [1.29, 1.82) is 0 Å². The van der Waals surface area contributed by atoms with Crippen molar-refractivity contribution in [3.8, 4) is 16.9 Å². The predicted molar refractivity (Wildman–Crippen MR) is 83.9 cm³/mol. The standard InChI is InChI=1S/C18H20O3/c1-5-13-11-14(7-9-17(13)20-3)16-8-6-15(10-12(16)2)18(19)21-4/h6-11H,5H2,1-4H3. The van der Waals surface area contributed by atoms with Gasteiger partial charge in [-0.2, -0.15) is 0 Å². The summed E-state index contributed by atoms with van der Waals surface area (Å²) in [5, 5.41) is 0. The Balaban J connectivity index is 2.45. The van der Waals surface area contributed by atoms with E-state index in [2.05, 4.69) is 13.0 Å². The van der Waals surface area contributed by atoms with Gasteiger partial charge in [-0.1, -0.05) is 19.1 Å². The van der Waals surface area contributed by atoms with Crippen molar-refractivity contribution < 1.29 is 14.3 Å². The van der Waals surface area contributed by atoms with Crippen LogP contribution in [0.4, 0.5) is 0 Å². The van der Waals surface area contributed by atoms with E-state index in [1.165, 1.54) is 12.7 Å². The molecule has 0 aliphatic heterocycles. The molecule has 21 heavy (non-hydrogen) atoms. The first kappa shape index (κ1) is 15.1. The van der Waals surface area contributed by atoms with Crippen molar-refractivity contribution in [2.24, 2.45) is 0 Å². The highest BCUT2D eigenvalue weighted by molar-refractivity contribution is 5.90. The van der Waals surface area contributed by atoms with Crippen LogP contribution in [0.25, 0.3) is 11.1 Å². The van der Waals surface area contributed by atoms with Gasteiger partial charge < -0.3 is 9.47 Å². The average molecular weight is 284 g/mol. The van der Waals surface area contributed by atoms with E-state index in [-0.39, 0.29) is 5.97 Å². The van der Waals surface area contributed by atoms with Gasteiger partial charge >= 0.3 is 5.97 Å². The van der Waals surface area contributed by atoms with Gasteiger partial charge in [-0.15, -0.1) is 0 Å². The Kier molecular flexibility index (Phi) is 4.63. The monoisotopic (exact) mass is 284 g/mol. The first-order chi connectivity index (χ1) is 10.1. The van der Waals surface area contributed by atoms with E-state index >= 15 is 0 Å². The zero-order valence-electron chi connectivity index (χ0n) is 12.9. The fourth-order valence-electron chi connectivity index (χ4n) is 2.45. The van der Waals surface area contributed by atoms with E-state index in [0.717, 1.165) is 28.9 Å². The van der Waals surface area contributed by atoms with Crippen LogP contribution >= 0.6 is 0 Å². The summed E-state index contributed by atoms with van der Waals surface area (Å²) in [5.41, 5.74) is 5.03. The maximum absolute atomic E-state index is 11.6. The van der Waals surface area contributed by atoms with Crippen LogP contribution in [0, 0.1) is 6.92 Å². The lowest BCUT2D eigenvalue weighted by molar-refractivity contribution is 0.0600. The highest BCUT2D eigenvalue weighted by Gasteiger charge is 2.10. The molecule has 110 valence electrons. The molecule has 0 fully saturated rings. The number of methoxy groups -OCH3 is 2. The lowest BCUT2D eigenvalue weighted by atomic mass is 9.96. The van der Waals surface area contributed by atoms with Crippen LogP contribution < -0.4 is 4.74 Å². The quantitative estimate of drug-likeness (QED) is 0.795. The van der Waals surface area contributed by atoms with Crippen LogP contribution in [0.1, 0.15) is 28.4 Å². The maximum atomic E-state index is 11.6. The molecule has 3 nitrogen and oxygen atoms in total. The molecule has 0 atom stereocenters. The van der Waals surface area contributed by atoms with Crippen LogP contribution in [0.5, 0.6) is 5.75 Å². The van der Waals surface area contributed by atoms with Gasteiger partial charge in [0.25, 0.3) is 0 Å². The Labute approximate surface area is 125 Å². The molecule has 0 aromatic heterocycles. The number of carbonyl (C=O) groups is 1. The molecule has 2 aromatic carbocycles. The summed E-state index contributed by atoms with van der Waals surface area (Å²) in [6.07, 6.45) is 0.913. The van der Waals surface area contributed by atoms with Gasteiger partial charge in [-0.3, -0.25) is 0 Å². The van der Waals surface area contributed by atoms with Crippen molar-refractivity contribution in [1.82, 2.24) is 0 Å². The summed E-state index contributed by atoms with van der Waals surface area (Å²) in [6.45, 7) is 4.10. The average Bonchev–Trinajstić information content (AvgIpc) is 2.53. The number of ether oxygens (including phenoxy) is 2. The van der Waals surface area contributed by atoms with Gasteiger partial charge in [-0.25, -0.2) is 4.79 Å². The van der Waals surface area contributed by atoms with Gasteiger partial charge in [0, 0.05) is 0 Å². The van der Waals surface area contributed by atoms with Crippen LogP contribution in [-0.2, 0) is 11.2 Å². The second kappa shape index (κ2) is 6.44. The van der Waals surface area contributed by atoms with Gasteiger partial charge in [0.1, 0.15) is 5.75 Å². The third-order valence-corrected chi connectivity index (χ3v) is 3.62. The fourth-order valence-corrected chi connectivity index (χ4v) is 2.45. The maximum Gasteiger partial charge on any atom is 0.337 e. The summed E-state index contributed by atoms with van der Waals surface area (Å²) in [4.78, 5) is 11.6. The van der Waals surface area contributed by atoms with E-state index in [1.807, 2.05) is 31.2 Å². The molecule has 2 aromatic rings. The number of esters is 1. The molecule has 0 aliphatic carbocycles. The minimum Gasteiger partial charge on any atom is -0.496 e. The molecule has 0 bridgehead atoms. The minimum atomic E-state index is -0.311. The SMILES string of the molecule is CCc1cc(-c2ccc(C(=O)OC)cc2C)ccc1OC. The second-order valence-corrected chi connectivity index (χ2v) is 4.90. The highest BCUT2D eigenvalue weighted by Crippen LogP contribution is 2.29. The van der Waals surface area contributed by atoms with E-state index in [9.17, 15) is 4.79 Å². The third-order valence-electron chi connectivity index (χ3n) is 3.62. The van der Waals surface area contributed by atoms with Crippen molar-refractivity contribution in [2.45, 2.75) is 20.3 Å². The van der Waals surface area contributed by atoms with E-state index < -0.39 is 0 Å². The number of carbonyl (C=O) groups excluding carboxylic acids is 1. The topological polar surface area (TPSA) is 35.5 Å². The zero-order valence-corrected chi connectivity index (χ0v) is 12.9. The lowest BCUT2D eigenvalue weighted by Crippen LogP contribution is -2.01. The molecule has 0 saturated heterocycles. The van der Waals surface area contributed by atoms with Gasteiger partial charge in [0.2, 0.25) is 0 Å². The fraction of sp³-hybridized carbons (Fsp3) is 0.278. The minimum absolute atomic E-state index is 0.311. The highest BCUT2D eigenvalue weighted by atomic mass is 16.5. The molecule has 0 heterocycles. The summed E-state index contributed by atoms with van der Waals surface area (Å²) in [5.74, 6) is 0.596. The summed E-state index contributed by atoms with van der Waals surface area (Å²) in [7, 11) is 3.08. The molecule has 3 heteroatoms. The smallest absolute Gasteiger partial charge is 0.337 e. The van der Waals surface area contributed by atoms with Gasteiger partial charge in [0.15, 0.2) is 0 Å². The normalized spacial score (nSPS) is 10.3. The van der Waals surface area contributed by atoms with Crippen molar-refractivity contribution in [2.75, 3.05) is 14.2 Å². The number of hydrogen-bond acceptors (Lipinski definition) is 3. The summed E-state index contributed by atoms with van der Waals surface area (Å²) < 4.78 is 10.1. The van der Waals surface area contributed by atoms with Crippen LogP contribution in [0.2, 0.25) is 0 Å². The molecule has 0 N–H and O–H groups in total.